The van der Waals surface area contributed by atoms with Gasteiger partial charge in [-0.1, -0.05) is 0 Å². The third-order valence-electron chi connectivity index (χ3n) is 2.24. The van der Waals surface area contributed by atoms with Gasteiger partial charge in [0.15, 0.2) is 0 Å². The fourth-order valence-electron chi connectivity index (χ4n) is 1.45. The van der Waals surface area contributed by atoms with Crippen LogP contribution in [-0.2, 0) is 9.53 Å². The molecule has 0 aromatic carbocycles. The highest BCUT2D eigenvalue weighted by atomic mass is 32.2. The van der Waals surface area contributed by atoms with Crippen molar-refractivity contribution in [1.29, 1.82) is 0 Å². The van der Waals surface area contributed by atoms with Crippen LogP contribution in [0.3, 0.4) is 0 Å². The third kappa shape index (κ3) is 3.48. The Balaban J connectivity index is 1.97. The van der Waals surface area contributed by atoms with Crippen LogP contribution in [0.4, 0.5) is 0 Å². The summed E-state index contributed by atoms with van der Waals surface area (Å²) < 4.78 is 4.57. The molecular weight excluding hydrogens is 172 g/mol. The zero-order valence-corrected chi connectivity index (χ0v) is 8.36. The van der Waals surface area contributed by atoms with Gasteiger partial charge < -0.3 is 4.74 Å². The molecule has 1 aliphatic heterocycles. The minimum atomic E-state index is -0.0688. The van der Waals surface area contributed by atoms with E-state index in [1.807, 2.05) is 11.8 Å². The number of ether oxygens (including phenoxy) is 1. The first kappa shape index (κ1) is 9.90. The normalized spacial score (nSPS) is 22.6. The van der Waals surface area contributed by atoms with Crippen LogP contribution in [0, 0.1) is 5.92 Å². The van der Waals surface area contributed by atoms with Crippen LogP contribution in [0.2, 0.25) is 0 Å². The quantitative estimate of drug-likeness (QED) is 0.632. The van der Waals surface area contributed by atoms with Crippen molar-refractivity contribution in [2.75, 3.05) is 18.6 Å². The standard InChI is InChI=1S/C9H16O2S/c1-11-9(10)4-2-3-8-5-6-12-7-8/h8H,2-7H2,1H3. The van der Waals surface area contributed by atoms with E-state index >= 15 is 0 Å². The van der Waals surface area contributed by atoms with Gasteiger partial charge in [0.1, 0.15) is 0 Å². The second-order valence-corrected chi connectivity index (χ2v) is 4.35. The van der Waals surface area contributed by atoms with E-state index in [9.17, 15) is 4.79 Å². The SMILES string of the molecule is COC(=O)CCCC1CCSC1. The molecule has 0 aromatic heterocycles. The Kier molecular flexibility index (Phi) is 4.51. The van der Waals surface area contributed by atoms with E-state index in [0.717, 1.165) is 12.3 Å². The first-order chi connectivity index (χ1) is 5.83. The van der Waals surface area contributed by atoms with Crippen molar-refractivity contribution in [3.05, 3.63) is 0 Å². The molecule has 1 heterocycles. The largest absolute Gasteiger partial charge is 0.469 e. The lowest BCUT2D eigenvalue weighted by Gasteiger charge is -2.05. The number of hydrogen-bond donors (Lipinski definition) is 0. The van der Waals surface area contributed by atoms with Crippen molar-refractivity contribution in [2.45, 2.75) is 25.7 Å². The summed E-state index contributed by atoms with van der Waals surface area (Å²) in [5.74, 6) is 3.39. The number of carbonyl (C=O) groups is 1. The van der Waals surface area contributed by atoms with E-state index in [0.29, 0.717) is 6.42 Å². The summed E-state index contributed by atoms with van der Waals surface area (Å²) in [6, 6.07) is 0. The summed E-state index contributed by atoms with van der Waals surface area (Å²) >= 11 is 2.03. The summed E-state index contributed by atoms with van der Waals surface area (Å²) in [4.78, 5) is 10.8. The van der Waals surface area contributed by atoms with Crippen molar-refractivity contribution in [2.24, 2.45) is 5.92 Å². The maximum atomic E-state index is 10.8. The smallest absolute Gasteiger partial charge is 0.305 e. The number of thioether (sulfide) groups is 1. The Morgan fingerprint density at radius 3 is 3.08 bits per heavy atom. The molecule has 1 saturated heterocycles. The molecule has 0 bridgehead atoms. The number of methoxy groups -OCH3 is 1. The van der Waals surface area contributed by atoms with Gasteiger partial charge in [-0.2, -0.15) is 11.8 Å². The summed E-state index contributed by atoms with van der Waals surface area (Å²) in [5, 5.41) is 0. The Bertz CT molecular complexity index is 141. The molecule has 0 saturated carbocycles. The number of hydrogen-bond acceptors (Lipinski definition) is 3. The molecule has 0 amide bonds. The Morgan fingerprint density at radius 1 is 1.67 bits per heavy atom. The average molecular weight is 188 g/mol. The second kappa shape index (κ2) is 5.46. The van der Waals surface area contributed by atoms with Crippen molar-refractivity contribution < 1.29 is 9.53 Å². The maximum absolute atomic E-state index is 10.8. The highest BCUT2D eigenvalue weighted by molar-refractivity contribution is 7.99. The molecule has 0 aromatic rings. The fourth-order valence-corrected chi connectivity index (χ4v) is 2.78. The van der Waals surface area contributed by atoms with Crippen LogP contribution in [0.1, 0.15) is 25.7 Å². The molecule has 0 spiro atoms. The lowest BCUT2D eigenvalue weighted by atomic mass is 10.0. The number of rotatable bonds is 4. The molecule has 2 nitrogen and oxygen atoms in total. The van der Waals surface area contributed by atoms with Gasteiger partial charge in [0, 0.05) is 6.42 Å². The van der Waals surface area contributed by atoms with Gasteiger partial charge in [-0.15, -0.1) is 0 Å². The molecule has 1 unspecified atom stereocenters. The van der Waals surface area contributed by atoms with Gasteiger partial charge in [0.25, 0.3) is 0 Å². The van der Waals surface area contributed by atoms with Gasteiger partial charge in [0.05, 0.1) is 7.11 Å². The Labute approximate surface area is 78.1 Å². The summed E-state index contributed by atoms with van der Waals surface area (Å²) in [7, 11) is 1.45. The van der Waals surface area contributed by atoms with Crippen LogP contribution in [0.5, 0.6) is 0 Å². The van der Waals surface area contributed by atoms with E-state index < -0.39 is 0 Å². The van der Waals surface area contributed by atoms with Crippen molar-refractivity contribution in [3.63, 3.8) is 0 Å². The predicted molar refractivity (Wildman–Crippen MR) is 51.3 cm³/mol. The van der Waals surface area contributed by atoms with Crippen LogP contribution >= 0.6 is 11.8 Å². The first-order valence-electron chi connectivity index (χ1n) is 4.47. The molecule has 1 aliphatic rings. The molecule has 1 fully saturated rings. The molecule has 0 N–H and O–H groups in total. The maximum Gasteiger partial charge on any atom is 0.305 e. The molecule has 0 aliphatic carbocycles. The van der Waals surface area contributed by atoms with Crippen LogP contribution < -0.4 is 0 Å². The molecule has 70 valence electrons. The van der Waals surface area contributed by atoms with Gasteiger partial charge >= 0.3 is 5.97 Å². The highest BCUT2D eigenvalue weighted by Crippen LogP contribution is 2.27. The molecule has 1 rings (SSSR count). The molecule has 12 heavy (non-hydrogen) atoms. The average Bonchev–Trinajstić information content (AvgIpc) is 2.57. The fraction of sp³-hybridized carbons (Fsp3) is 0.889. The molecule has 0 radical (unpaired) electrons. The van der Waals surface area contributed by atoms with E-state index in [4.69, 9.17) is 0 Å². The minimum Gasteiger partial charge on any atom is -0.469 e. The van der Waals surface area contributed by atoms with E-state index in [2.05, 4.69) is 4.74 Å². The zero-order chi connectivity index (χ0) is 8.81. The van der Waals surface area contributed by atoms with E-state index in [1.165, 1.54) is 31.5 Å². The van der Waals surface area contributed by atoms with E-state index in [-0.39, 0.29) is 5.97 Å². The van der Waals surface area contributed by atoms with Crippen molar-refractivity contribution in [1.82, 2.24) is 0 Å². The van der Waals surface area contributed by atoms with Crippen LogP contribution in [0.25, 0.3) is 0 Å². The predicted octanol–water partition coefficient (Wildman–Crippen LogP) is 2.08. The van der Waals surface area contributed by atoms with Gasteiger partial charge in [-0.3, -0.25) is 4.79 Å². The molecule has 3 heteroatoms. The summed E-state index contributed by atoms with van der Waals surface area (Å²) in [6.45, 7) is 0. The lowest BCUT2D eigenvalue weighted by Crippen LogP contribution is -2.03. The Hall–Kier alpha value is -0.180. The van der Waals surface area contributed by atoms with Gasteiger partial charge in [-0.25, -0.2) is 0 Å². The Morgan fingerprint density at radius 2 is 2.50 bits per heavy atom. The molecule has 1 atom stereocenters. The minimum absolute atomic E-state index is 0.0688. The highest BCUT2D eigenvalue weighted by Gasteiger charge is 2.15. The van der Waals surface area contributed by atoms with Gasteiger partial charge in [0.2, 0.25) is 0 Å². The van der Waals surface area contributed by atoms with Gasteiger partial charge in [-0.05, 0) is 36.7 Å². The number of esters is 1. The molecular formula is C9H16O2S. The van der Waals surface area contributed by atoms with Crippen LogP contribution in [-0.4, -0.2) is 24.6 Å². The first-order valence-corrected chi connectivity index (χ1v) is 5.63. The zero-order valence-electron chi connectivity index (χ0n) is 7.54. The summed E-state index contributed by atoms with van der Waals surface area (Å²) in [5.41, 5.74) is 0. The van der Waals surface area contributed by atoms with Crippen LogP contribution in [0.15, 0.2) is 0 Å². The third-order valence-corrected chi connectivity index (χ3v) is 3.48. The van der Waals surface area contributed by atoms with Crippen molar-refractivity contribution >= 4 is 17.7 Å². The topological polar surface area (TPSA) is 26.3 Å². The van der Waals surface area contributed by atoms with Crippen molar-refractivity contribution in [3.8, 4) is 0 Å². The second-order valence-electron chi connectivity index (χ2n) is 3.20. The van der Waals surface area contributed by atoms with E-state index in [1.54, 1.807) is 0 Å². The lowest BCUT2D eigenvalue weighted by molar-refractivity contribution is -0.140. The monoisotopic (exact) mass is 188 g/mol. The summed E-state index contributed by atoms with van der Waals surface area (Å²) in [6.07, 6.45) is 4.13. The number of carbonyl (C=O) groups excluding carboxylic acids is 1.